The number of hydrogen-bond donors (Lipinski definition) is 2. The summed E-state index contributed by atoms with van der Waals surface area (Å²) in [7, 11) is 1.41. The quantitative estimate of drug-likeness (QED) is 0.180. The first-order valence-electron chi connectivity index (χ1n) is 13.1. The van der Waals surface area contributed by atoms with E-state index in [1.165, 1.54) is 43.6 Å². The van der Waals surface area contributed by atoms with Gasteiger partial charge in [0.15, 0.2) is 0 Å². The molecule has 2 amide bonds. The number of pyridine rings is 2. The predicted molar refractivity (Wildman–Crippen MR) is 153 cm³/mol. The maximum absolute atomic E-state index is 14.4. The normalized spacial score (nSPS) is 14.7. The molecule has 0 radical (unpaired) electrons. The van der Waals surface area contributed by atoms with Gasteiger partial charge in [0, 0.05) is 40.7 Å². The Morgan fingerprint density at radius 2 is 1.89 bits per heavy atom. The van der Waals surface area contributed by atoms with Crippen molar-refractivity contribution in [1.82, 2.24) is 15.3 Å². The highest BCUT2D eigenvalue weighted by molar-refractivity contribution is 6.31. The molecule has 0 fully saturated rings. The molecule has 1 aliphatic rings. The van der Waals surface area contributed by atoms with Crippen LogP contribution in [0.15, 0.2) is 54.7 Å². The van der Waals surface area contributed by atoms with Crippen molar-refractivity contribution in [2.75, 3.05) is 20.3 Å². The Kier molecular flexibility index (Phi) is 9.88. The smallest absolute Gasteiger partial charge is 0.416 e. The zero-order chi connectivity index (χ0) is 32.2. The second-order valence-electron chi connectivity index (χ2n) is 9.79. The summed E-state index contributed by atoms with van der Waals surface area (Å²) in [5.41, 5.74) is 5.01. The summed E-state index contributed by atoms with van der Waals surface area (Å²) in [6, 6.07) is 10.4. The molecule has 1 aliphatic heterocycles. The molecule has 4 aromatic rings. The number of amides is 2. The number of ether oxygens (including phenoxy) is 2. The van der Waals surface area contributed by atoms with Gasteiger partial charge in [0.2, 0.25) is 12.8 Å². The Morgan fingerprint density at radius 1 is 1.20 bits per heavy atom. The average Bonchev–Trinajstić information content (AvgIpc) is 3.36. The first kappa shape index (κ1) is 32.4. The molecule has 0 saturated carbocycles. The number of fused-ring (bicyclic) bond motifs is 2. The molecule has 2 aromatic carbocycles. The van der Waals surface area contributed by atoms with Crippen molar-refractivity contribution >= 4 is 34.8 Å². The van der Waals surface area contributed by atoms with Gasteiger partial charge in [0.1, 0.15) is 22.7 Å². The molecule has 2 atom stereocenters. The van der Waals surface area contributed by atoms with Gasteiger partial charge < -0.3 is 20.5 Å². The molecule has 2 aromatic heterocycles. The van der Waals surface area contributed by atoms with Crippen molar-refractivity contribution in [2.45, 2.75) is 31.4 Å². The van der Waals surface area contributed by atoms with E-state index in [0.29, 0.717) is 33.0 Å². The van der Waals surface area contributed by atoms with Crippen LogP contribution >= 0.6 is 11.6 Å². The van der Waals surface area contributed by atoms with Crippen LogP contribution in [0.1, 0.15) is 45.9 Å². The van der Waals surface area contributed by atoms with E-state index in [1.54, 1.807) is 6.07 Å². The summed E-state index contributed by atoms with van der Waals surface area (Å²) in [6.45, 7) is 1.66. The summed E-state index contributed by atoms with van der Waals surface area (Å²) in [5, 5.41) is 3.42. The Hall–Kier alpha value is -4.52. The number of aromatic nitrogens is 2. The van der Waals surface area contributed by atoms with E-state index in [2.05, 4.69) is 21.0 Å². The fourth-order valence-electron chi connectivity index (χ4n) is 4.70. The first-order chi connectivity index (χ1) is 20.9. The van der Waals surface area contributed by atoms with E-state index in [0.717, 1.165) is 12.1 Å². The Labute approximate surface area is 253 Å². The number of rotatable bonds is 7. The van der Waals surface area contributed by atoms with Gasteiger partial charge in [-0.25, -0.2) is 13.8 Å². The minimum atomic E-state index is -4.53. The summed E-state index contributed by atoms with van der Waals surface area (Å²) < 4.78 is 79.1. The average molecular weight is 637 g/mol. The lowest BCUT2D eigenvalue weighted by atomic mass is 9.95. The highest BCUT2D eigenvalue weighted by Gasteiger charge is 2.33. The molecule has 3 heterocycles. The third kappa shape index (κ3) is 6.99. The van der Waals surface area contributed by atoms with Gasteiger partial charge in [-0.3, -0.25) is 14.6 Å². The minimum Gasteiger partial charge on any atom is -0.494 e. The molecule has 0 saturated heterocycles. The van der Waals surface area contributed by atoms with E-state index >= 15 is 0 Å². The van der Waals surface area contributed by atoms with Gasteiger partial charge >= 0.3 is 6.18 Å². The number of carbonyl (C=O) groups is 2. The third-order valence-electron chi connectivity index (χ3n) is 6.88. The topological polar surface area (TPSA) is 116 Å². The molecule has 232 valence electrons. The van der Waals surface area contributed by atoms with Crippen LogP contribution in [0.25, 0.3) is 22.2 Å². The molecule has 0 spiro atoms. The number of nitrogens with zero attached hydrogens (tertiary/aromatic N) is 2. The lowest BCUT2D eigenvalue weighted by molar-refractivity contribution is -0.137. The maximum atomic E-state index is 14.4. The Balaban J connectivity index is 0.00000141. The van der Waals surface area contributed by atoms with Crippen LogP contribution < -0.4 is 20.5 Å². The number of nitrogens with one attached hydrogen (secondary N) is 1. The number of primary amides is 1. The lowest BCUT2D eigenvalue weighted by Crippen LogP contribution is -2.31. The standard InChI is InChI=1S/C29H23ClF5N3O3.CH3NO/c1-14-13-41-26-20(14)10-22(38-25(26)15-3-5-18(6-4-15)29(33,34)35)21(27(31)32)12-37-28(39)17-7-16-8-19(30)11-36-24(16)23(9-17)40-2;2-1-3/h3-11,14,21,27H,12-13H2,1-2H3,(H,37,39);1H,(H2,2,3). The van der Waals surface area contributed by atoms with Crippen LogP contribution in [-0.4, -0.2) is 49.0 Å². The predicted octanol–water partition coefficient (Wildman–Crippen LogP) is 6.35. The van der Waals surface area contributed by atoms with E-state index < -0.39 is 36.5 Å². The van der Waals surface area contributed by atoms with Gasteiger partial charge in [-0.15, -0.1) is 0 Å². The SMILES string of the molecule is COc1cc(C(=O)NCC(c2cc3c(c(-c4ccc(C(F)(F)F)cc4)n2)OCC3C)C(F)F)cc2cc(Cl)cnc12.NC=O. The van der Waals surface area contributed by atoms with Gasteiger partial charge in [-0.1, -0.05) is 30.7 Å². The van der Waals surface area contributed by atoms with Crippen molar-refractivity contribution in [3.63, 3.8) is 0 Å². The van der Waals surface area contributed by atoms with Crippen molar-refractivity contribution in [3.8, 4) is 22.8 Å². The van der Waals surface area contributed by atoms with E-state index in [-0.39, 0.29) is 41.4 Å². The fraction of sp³-hybridized carbons (Fsp3) is 0.267. The number of nitrogens with two attached hydrogens (primary N) is 1. The van der Waals surface area contributed by atoms with Crippen LogP contribution in [0.5, 0.6) is 11.5 Å². The molecule has 5 rings (SSSR count). The number of methoxy groups -OCH3 is 1. The largest absolute Gasteiger partial charge is 0.494 e. The summed E-state index contributed by atoms with van der Waals surface area (Å²) >= 11 is 6.03. The molecule has 2 unspecified atom stereocenters. The monoisotopic (exact) mass is 636 g/mol. The number of benzene rings is 2. The highest BCUT2D eigenvalue weighted by atomic mass is 35.5. The van der Waals surface area contributed by atoms with Crippen LogP contribution in [0, 0.1) is 0 Å². The van der Waals surface area contributed by atoms with Crippen molar-refractivity contribution in [2.24, 2.45) is 5.73 Å². The molecule has 44 heavy (non-hydrogen) atoms. The second-order valence-corrected chi connectivity index (χ2v) is 10.2. The molecule has 8 nitrogen and oxygen atoms in total. The molecular formula is C30H26ClF5N4O4. The van der Waals surface area contributed by atoms with Crippen LogP contribution in [0.4, 0.5) is 22.0 Å². The Morgan fingerprint density at radius 3 is 2.50 bits per heavy atom. The molecule has 0 aliphatic carbocycles. The van der Waals surface area contributed by atoms with E-state index in [1.807, 2.05) is 6.92 Å². The lowest BCUT2D eigenvalue weighted by Gasteiger charge is -2.20. The van der Waals surface area contributed by atoms with E-state index in [9.17, 15) is 26.7 Å². The number of alkyl halides is 5. The van der Waals surface area contributed by atoms with Crippen molar-refractivity contribution in [3.05, 3.63) is 82.1 Å². The third-order valence-corrected chi connectivity index (χ3v) is 7.09. The molecular weight excluding hydrogens is 611 g/mol. The zero-order valence-electron chi connectivity index (χ0n) is 23.3. The van der Waals surface area contributed by atoms with E-state index in [4.69, 9.17) is 25.9 Å². The molecule has 0 bridgehead atoms. The van der Waals surface area contributed by atoms with Crippen molar-refractivity contribution in [1.29, 1.82) is 0 Å². The van der Waals surface area contributed by atoms with Gasteiger partial charge in [0.25, 0.3) is 5.91 Å². The van der Waals surface area contributed by atoms with Crippen LogP contribution in [0.3, 0.4) is 0 Å². The van der Waals surface area contributed by atoms with Gasteiger partial charge in [-0.2, -0.15) is 13.2 Å². The first-order valence-corrected chi connectivity index (χ1v) is 13.5. The minimum absolute atomic E-state index is 0.0154. The van der Waals surface area contributed by atoms with Gasteiger partial charge in [-0.05, 0) is 36.4 Å². The Bertz CT molecular complexity index is 1670. The molecule has 3 N–H and O–H groups in total. The molecule has 14 heteroatoms. The number of hydrogen-bond acceptors (Lipinski definition) is 6. The van der Waals surface area contributed by atoms with Crippen molar-refractivity contribution < 1.29 is 41.0 Å². The van der Waals surface area contributed by atoms with Crippen LogP contribution in [-0.2, 0) is 11.0 Å². The zero-order valence-corrected chi connectivity index (χ0v) is 24.0. The summed E-state index contributed by atoms with van der Waals surface area (Å²) in [4.78, 5) is 30.2. The second kappa shape index (κ2) is 13.4. The van der Waals surface area contributed by atoms with Gasteiger partial charge in [0.05, 0.1) is 35.9 Å². The summed E-state index contributed by atoms with van der Waals surface area (Å²) in [5.74, 6) is -1.64. The highest BCUT2D eigenvalue weighted by Crippen LogP contribution is 2.43. The number of carbonyl (C=O) groups excluding carboxylic acids is 2. The van der Waals surface area contributed by atoms with Crippen LogP contribution in [0.2, 0.25) is 5.02 Å². The fourth-order valence-corrected chi connectivity index (χ4v) is 4.86. The number of halogens is 6. The maximum Gasteiger partial charge on any atom is 0.416 e. The summed E-state index contributed by atoms with van der Waals surface area (Å²) in [6.07, 6.45) is -5.75.